The molecule has 0 aromatic heterocycles. The van der Waals surface area contributed by atoms with Crippen molar-refractivity contribution in [3.8, 4) is 5.40 Å². The fourth-order valence-corrected chi connectivity index (χ4v) is 1.53. The second-order valence-electron chi connectivity index (χ2n) is 3.03. The van der Waals surface area contributed by atoms with Crippen LogP contribution < -0.4 is 0 Å². The van der Waals surface area contributed by atoms with E-state index in [1.54, 1.807) is 0 Å². The zero-order valence-electron chi connectivity index (χ0n) is 7.79. The molecule has 1 aromatic rings. The van der Waals surface area contributed by atoms with Crippen molar-refractivity contribution in [3.05, 3.63) is 35.4 Å². The molecule has 0 bridgehead atoms. The predicted octanol–water partition coefficient (Wildman–Crippen LogP) is 3.14. The van der Waals surface area contributed by atoms with Gasteiger partial charge in [0.05, 0.1) is 0 Å². The molecule has 0 saturated heterocycles. The minimum Gasteiger partial charge on any atom is -0.185 e. The summed E-state index contributed by atoms with van der Waals surface area (Å²) in [5.41, 5.74) is 2.67. The van der Waals surface area contributed by atoms with Crippen molar-refractivity contribution in [2.75, 3.05) is 5.75 Å². The molecule has 0 heterocycles. The summed E-state index contributed by atoms with van der Waals surface area (Å²) in [6.45, 7) is 2.09. The Morgan fingerprint density at radius 2 is 2.00 bits per heavy atom. The minimum absolute atomic E-state index is 0.935. The van der Waals surface area contributed by atoms with Crippen molar-refractivity contribution < 1.29 is 0 Å². The quantitative estimate of drug-likeness (QED) is 0.539. The van der Waals surface area contributed by atoms with E-state index in [4.69, 9.17) is 5.26 Å². The number of hydrogen-bond donors (Lipinski definition) is 0. The Morgan fingerprint density at radius 3 is 2.62 bits per heavy atom. The van der Waals surface area contributed by atoms with Crippen molar-refractivity contribution in [1.29, 1.82) is 5.26 Å². The summed E-state index contributed by atoms with van der Waals surface area (Å²) in [5.74, 6) is 0.935. The first-order chi connectivity index (χ1) is 6.33. The predicted molar refractivity (Wildman–Crippen MR) is 57.6 cm³/mol. The lowest BCUT2D eigenvalue weighted by Crippen LogP contribution is -1.86. The third-order valence-electron chi connectivity index (χ3n) is 1.90. The standard InChI is InChI=1S/C11H13NS/c1-10-4-6-11(7-5-10)3-2-8-13-9-12/h4-7H,2-3,8H2,1H3. The molecule has 1 rings (SSSR count). The maximum Gasteiger partial charge on any atom is 0.133 e. The maximum absolute atomic E-state index is 8.31. The summed E-state index contributed by atoms with van der Waals surface area (Å²) in [6, 6.07) is 8.58. The van der Waals surface area contributed by atoms with E-state index in [1.165, 1.54) is 22.9 Å². The number of thioether (sulfide) groups is 1. The average molecular weight is 191 g/mol. The maximum atomic E-state index is 8.31. The summed E-state index contributed by atoms with van der Waals surface area (Å²) in [7, 11) is 0. The molecular formula is C11H13NS. The van der Waals surface area contributed by atoms with Crippen LogP contribution in [0.4, 0.5) is 0 Å². The highest BCUT2D eigenvalue weighted by Crippen LogP contribution is 2.08. The van der Waals surface area contributed by atoms with E-state index >= 15 is 0 Å². The molecule has 2 heteroatoms. The number of nitrogens with zero attached hydrogens (tertiary/aromatic N) is 1. The summed E-state index contributed by atoms with van der Waals surface area (Å²) in [6.07, 6.45) is 2.16. The molecule has 0 unspecified atom stereocenters. The second-order valence-corrected chi connectivity index (χ2v) is 3.91. The topological polar surface area (TPSA) is 23.8 Å². The molecule has 0 radical (unpaired) electrons. The van der Waals surface area contributed by atoms with E-state index in [9.17, 15) is 0 Å². The zero-order valence-corrected chi connectivity index (χ0v) is 8.60. The lowest BCUT2D eigenvalue weighted by atomic mass is 10.1. The van der Waals surface area contributed by atoms with Crippen LogP contribution in [-0.4, -0.2) is 5.75 Å². The van der Waals surface area contributed by atoms with Gasteiger partial charge in [-0.2, -0.15) is 5.26 Å². The largest absolute Gasteiger partial charge is 0.185 e. The van der Waals surface area contributed by atoms with Gasteiger partial charge in [-0.3, -0.25) is 0 Å². The number of rotatable bonds is 4. The lowest BCUT2D eigenvalue weighted by Gasteiger charge is -1.99. The first-order valence-electron chi connectivity index (χ1n) is 4.39. The molecule has 13 heavy (non-hydrogen) atoms. The lowest BCUT2D eigenvalue weighted by molar-refractivity contribution is 0.934. The van der Waals surface area contributed by atoms with Crippen molar-refractivity contribution in [1.82, 2.24) is 0 Å². The van der Waals surface area contributed by atoms with Gasteiger partial charge in [0.1, 0.15) is 5.40 Å². The van der Waals surface area contributed by atoms with Gasteiger partial charge in [-0.25, -0.2) is 0 Å². The first kappa shape index (κ1) is 10.1. The van der Waals surface area contributed by atoms with Crippen LogP contribution in [-0.2, 0) is 6.42 Å². The van der Waals surface area contributed by atoms with Gasteiger partial charge in [0.15, 0.2) is 0 Å². The molecular weight excluding hydrogens is 178 g/mol. The zero-order chi connectivity index (χ0) is 9.52. The molecule has 0 fully saturated rings. The third kappa shape index (κ3) is 4.00. The highest BCUT2D eigenvalue weighted by molar-refractivity contribution is 8.03. The van der Waals surface area contributed by atoms with E-state index in [-0.39, 0.29) is 0 Å². The highest BCUT2D eigenvalue weighted by atomic mass is 32.2. The fourth-order valence-electron chi connectivity index (χ4n) is 1.15. The molecule has 1 aromatic carbocycles. The highest BCUT2D eigenvalue weighted by Gasteiger charge is 1.92. The SMILES string of the molecule is Cc1ccc(CCCSC#N)cc1. The Hall–Kier alpha value is -0.940. The normalized spacial score (nSPS) is 9.54. The van der Waals surface area contributed by atoms with Gasteiger partial charge in [-0.05, 0) is 37.1 Å². The van der Waals surface area contributed by atoms with Crippen LogP contribution in [0.1, 0.15) is 17.5 Å². The summed E-state index contributed by atoms with van der Waals surface area (Å²) >= 11 is 1.34. The van der Waals surface area contributed by atoms with Gasteiger partial charge in [0, 0.05) is 5.75 Å². The minimum atomic E-state index is 0.935. The number of hydrogen-bond acceptors (Lipinski definition) is 2. The van der Waals surface area contributed by atoms with E-state index in [0.29, 0.717) is 0 Å². The van der Waals surface area contributed by atoms with Crippen molar-refractivity contribution in [3.63, 3.8) is 0 Å². The number of benzene rings is 1. The van der Waals surface area contributed by atoms with Crippen LogP contribution in [0.3, 0.4) is 0 Å². The Balaban J connectivity index is 2.30. The number of thiocyanates is 1. The molecule has 0 aliphatic rings. The van der Waals surface area contributed by atoms with Gasteiger partial charge in [0.2, 0.25) is 0 Å². The van der Waals surface area contributed by atoms with Crippen LogP contribution >= 0.6 is 11.8 Å². The van der Waals surface area contributed by atoms with Gasteiger partial charge >= 0.3 is 0 Å². The van der Waals surface area contributed by atoms with Crippen LogP contribution in [0.5, 0.6) is 0 Å². The smallest absolute Gasteiger partial charge is 0.133 e. The summed E-state index contributed by atoms with van der Waals surface area (Å²) < 4.78 is 0. The molecule has 0 amide bonds. The molecule has 1 nitrogen and oxygen atoms in total. The fraction of sp³-hybridized carbons (Fsp3) is 0.364. The Bertz CT molecular complexity index is 284. The molecule has 0 N–H and O–H groups in total. The summed E-state index contributed by atoms with van der Waals surface area (Å²) in [5, 5.41) is 10.4. The van der Waals surface area contributed by atoms with E-state index in [2.05, 4.69) is 36.6 Å². The molecule has 0 saturated carbocycles. The van der Waals surface area contributed by atoms with Crippen LogP contribution in [0.2, 0.25) is 0 Å². The molecule has 0 atom stereocenters. The van der Waals surface area contributed by atoms with Crippen LogP contribution in [0, 0.1) is 17.6 Å². The average Bonchev–Trinajstić information content (AvgIpc) is 2.15. The molecule has 0 aliphatic heterocycles. The molecule has 0 spiro atoms. The van der Waals surface area contributed by atoms with Crippen molar-refractivity contribution in [2.45, 2.75) is 19.8 Å². The molecule has 68 valence electrons. The Kier molecular flexibility index (Phi) is 4.42. The molecule has 0 aliphatic carbocycles. The van der Waals surface area contributed by atoms with Gasteiger partial charge in [-0.15, -0.1) is 0 Å². The van der Waals surface area contributed by atoms with Crippen LogP contribution in [0.15, 0.2) is 24.3 Å². The van der Waals surface area contributed by atoms with Crippen molar-refractivity contribution >= 4 is 11.8 Å². The third-order valence-corrected chi connectivity index (χ3v) is 2.52. The van der Waals surface area contributed by atoms with E-state index < -0.39 is 0 Å². The summed E-state index contributed by atoms with van der Waals surface area (Å²) in [4.78, 5) is 0. The van der Waals surface area contributed by atoms with E-state index in [1.807, 2.05) is 0 Å². The Labute approximate surface area is 83.8 Å². The van der Waals surface area contributed by atoms with Crippen molar-refractivity contribution in [2.24, 2.45) is 0 Å². The van der Waals surface area contributed by atoms with Gasteiger partial charge < -0.3 is 0 Å². The van der Waals surface area contributed by atoms with Crippen LogP contribution in [0.25, 0.3) is 0 Å². The Morgan fingerprint density at radius 1 is 1.31 bits per heavy atom. The first-order valence-corrected chi connectivity index (χ1v) is 5.38. The monoisotopic (exact) mass is 191 g/mol. The van der Waals surface area contributed by atoms with Gasteiger partial charge in [-0.1, -0.05) is 29.8 Å². The van der Waals surface area contributed by atoms with E-state index in [0.717, 1.165) is 18.6 Å². The second kappa shape index (κ2) is 5.66. The number of aryl methyl sites for hydroxylation is 2. The number of nitriles is 1. The van der Waals surface area contributed by atoms with Gasteiger partial charge in [0.25, 0.3) is 0 Å².